The monoisotopic (exact) mass is 241 g/mol. The minimum Gasteiger partial charge on any atom is -0.376 e. The van der Waals surface area contributed by atoms with Crippen LogP contribution in [0.4, 0.5) is 0 Å². The maximum atomic E-state index is 11.7. The first-order chi connectivity index (χ1) is 8.24. The Morgan fingerprint density at radius 2 is 2.29 bits per heavy atom. The molecular weight excluding hydrogens is 218 g/mol. The maximum absolute atomic E-state index is 11.7. The third-order valence-electron chi connectivity index (χ3n) is 3.46. The van der Waals surface area contributed by atoms with Crippen molar-refractivity contribution in [3.63, 3.8) is 0 Å². The molecule has 17 heavy (non-hydrogen) atoms. The second-order valence-corrected chi connectivity index (χ2v) is 5.08. The maximum Gasteiger partial charge on any atom is 0.234 e. The second-order valence-electron chi connectivity index (χ2n) is 5.08. The number of ether oxygens (including phenoxy) is 1. The molecule has 0 spiro atoms. The quantitative estimate of drug-likeness (QED) is 0.709. The molecule has 0 aromatic rings. The van der Waals surface area contributed by atoms with Gasteiger partial charge in [-0.3, -0.25) is 9.69 Å². The fourth-order valence-corrected chi connectivity index (χ4v) is 2.53. The number of hydrogen-bond donors (Lipinski definition) is 2. The Morgan fingerprint density at radius 1 is 1.41 bits per heavy atom. The highest BCUT2D eigenvalue weighted by Gasteiger charge is 2.20. The third kappa shape index (κ3) is 4.26. The number of likely N-dealkylation sites (tertiary alicyclic amines) is 1. The molecular formula is C12H23N3O2. The molecule has 1 amide bonds. The molecule has 0 saturated carbocycles. The number of rotatable bonds is 4. The molecule has 2 aliphatic heterocycles. The largest absolute Gasteiger partial charge is 0.376 e. The molecule has 3 N–H and O–H groups in total. The first kappa shape index (κ1) is 12.8. The average molecular weight is 241 g/mol. The molecule has 0 bridgehead atoms. The molecule has 0 radical (unpaired) electrons. The number of carbonyl (C=O) groups excluding carboxylic acids is 1. The summed E-state index contributed by atoms with van der Waals surface area (Å²) in [6.45, 7) is 3.79. The molecule has 5 nitrogen and oxygen atoms in total. The van der Waals surface area contributed by atoms with Crippen LogP contribution in [0.3, 0.4) is 0 Å². The van der Waals surface area contributed by atoms with Gasteiger partial charge in [0, 0.05) is 25.7 Å². The van der Waals surface area contributed by atoms with Crippen molar-refractivity contribution in [3.8, 4) is 0 Å². The van der Waals surface area contributed by atoms with E-state index in [1.807, 2.05) is 0 Å². The summed E-state index contributed by atoms with van der Waals surface area (Å²) in [4.78, 5) is 13.9. The van der Waals surface area contributed by atoms with Gasteiger partial charge in [-0.2, -0.15) is 0 Å². The van der Waals surface area contributed by atoms with Crippen LogP contribution in [0, 0.1) is 0 Å². The average Bonchev–Trinajstić information content (AvgIpc) is 2.79. The van der Waals surface area contributed by atoms with Crippen molar-refractivity contribution in [3.05, 3.63) is 0 Å². The summed E-state index contributed by atoms with van der Waals surface area (Å²) in [5, 5.41) is 2.94. The van der Waals surface area contributed by atoms with Gasteiger partial charge in [-0.25, -0.2) is 0 Å². The number of nitrogens with one attached hydrogen (secondary N) is 1. The topological polar surface area (TPSA) is 67.6 Å². The van der Waals surface area contributed by atoms with E-state index in [-0.39, 0.29) is 18.1 Å². The molecule has 2 rings (SSSR count). The van der Waals surface area contributed by atoms with E-state index in [1.165, 1.54) is 0 Å². The van der Waals surface area contributed by atoms with Gasteiger partial charge in [0.1, 0.15) is 0 Å². The van der Waals surface area contributed by atoms with E-state index in [4.69, 9.17) is 10.5 Å². The predicted molar refractivity (Wildman–Crippen MR) is 65.6 cm³/mol. The van der Waals surface area contributed by atoms with Crippen molar-refractivity contribution in [2.75, 3.05) is 32.8 Å². The molecule has 98 valence electrons. The van der Waals surface area contributed by atoms with Crippen LogP contribution >= 0.6 is 0 Å². The molecule has 0 aliphatic carbocycles. The van der Waals surface area contributed by atoms with Crippen LogP contribution in [-0.4, -0.2) is 55.7 Å². The fraction of sp³-hybridized carbons (Fsp3) is 0.917. The minimum absolute atomic E-state index is 0.0922. The van der Waals surface area contributed by atoms with E-state index < -0.39 is 0 Å². The van der Waals surface area contributed by atoms with E-state index in [2.05, 4.69) is 10.2 Å². The van der Waals surface area contributed by atoms with Crippen LogP contribution in [0.25, 0.3) is 0 Å². The smallest absolute Gasteiger partial charge is 0.234 e. The zero-order valence-electron chi connectivity index (χ0n) is 10.4. The number of piperidine rings is 1. The molecule has 2 heterocycles. The van der Waals surface area contributed by atoms with E-state index in [0.717, 1.165) is 45.4 Å². The number of carbonyl (C=O) groups is 1. The number of nitrogens with two attached hydrogens (primary N) is 1. The molecule has 0 unspecified atom stereocenters. The fourth-order valence-electron chi connectivity index (χ4n) is 2.53. The van der Waals surface area contributed by atoms with Gasteiger partial charge in [0.2, 0.25) is 5.91 Å². The highest BCUT2D eigenvalue weighted by atomic mass is 16.5. The van der Waals surface area contributed by atoms with Gasteiger partial charge >= 0.3 is 0 Å². The Morgan fingerprint density at radius 3 is 3.00 bits per heavy atom. The Kier molecular flexibility index (Phi) is 4.76. The summed E-state index contributed by atoms with van der Waals surface area (Å²) >= 11 is 0. The second kappa shape index (κ2) is 6.33. The first-order valence-electron chi connectivity index (χ1n) is 6.60. The van der Waals surface area contributed by atoms with Gasteiger partial charge in [0.15, 0.2) is 0 Å². The Hall–Kier alpha value is -0.650. The van der Waals surface area contributed by atoms with Gasteiger partial charge in [-0.05, 0) is 32.2 Å². The Balaban J connectivity index is 1.62. The highest BCUT2D eigenvalue weighted by Crippen LogP contribution is 2.10. The van der Waals surface area contributed by atoms with Crippen molar-refractivity contribution < 1.29 is 9.53 Å². The molecule has 5 heteroatoms. The van der Waals surface area contributed by atoms with E-state index in [0.29, 0.717) is 13.1 Å². The van der Waals surface area contributed by atoms with Crippen LogP contribution in [0.2, 0.25) is 0 Å². The summed E-state index contributed by atoms with van der Waals surface area (Å²) in [6.07, 6.45) is 4.58. The third-order valence-corrected chi connectivity index (χ3v) is 3.46. The number of hydrogen-bond acceptors (Lipinski definition) is 4. The van der Waals surface area contributed by atoms with Gasteiger partial charge in [0.05, 0.1) is 12.6 Å². The Bertz CT molecular complexity index is 254. The molecule has 2 fully saturated rings. The van der Waals surface area contributed by atoms with Crippen molar-refractivity contribution in [2.24, 2.45) is 5.73 Å². The van der Waals surface area contributed by atoms with Gasteiger partial charge in [-0.15, -0.1) is 0 Å². The number of nitrogens with zero attached hydrogens (tertiary/aromatic N) is 1. The van der Waals surface area contributed by atoms with Gasteiger partial charge in [0.25, 0.3) is 0 Å². The summed E-state index contributed by atoms with van der Waals surface area (Å²) in [7, 11) is 0. The predicted octanol–water partition coefficient (Wildman–Crippen LogP) is -0.295. The minimum atomic E-state index is 0.0922. The zero-order valence-corrected chi connectivity index (χ0v) is 10.4. The summed E-state index contributed by atoms with van der Waals surface area (Å²) in [6, 6.07) is 0.231. The highest BCUT2D eigenvalue weighted by molar-refractivity contribution is 5.78. The van der Waals surface area contributed by atoms with E-state index in [9.17, 15) is 4.79 Å². The van der Waals surface area contributed by atoms with Crippen molar-refractivity contribution in [2.45, 2.75) is 37.8 Å². The van der Waals surface area contributed by atoms with Crippen molar-refractivity contribution in [1.29, 1.82) is 0 Å². The molecule has 2 saturated heterocycles. The van der Waals surface area contributed by atoms with E-state index >= 15 is 0 Å². The van der Waals surface area contributed by atoms with Crippen LogP contribution in [0.5, 0.6) is 0 Å². The lowest BCUT2D eigenvalue weighted by molar-refractivity contribution is -0.123. The first-order valence-corrected chi connectivity index (χ1v) is 6.60. The lowest BCUT2D eigenvalue weighted by Crippen LogP contribution is -2.47. The van der Waals surface area contributed by atoms with Gasteiger partial charge < -0.3 is 15.8 Å². The molecule has 0 aromatic carbocycles. The number of amides is 1. The SMILES string of the molecule is N[C@@H]1CCCN(CC(=O)NC[C@@H]2CCCO2)C1. The standard InChI is InChI=1S/C12H23N3O2/c13-10-3-1-5-15(8-10)9-12(16)14-7-11-4-2-6-17-11/h10-11H,1-9,13H2,(H,14,16)/t10-,11+/m1/s1. The van der Waals surface area contributed by atoms with Crippen LogP contribution in [0.15, 0.2) is 0 Å². The van der Waals surface area contributed by atoms with Crippen molar-refractivity contribution in [1.82, 2.24) is 10.2 Å². The lowest BCUT2D eigenvalue weighted by Gasteiger charge is -2.30. The summed E-state index contributed by atoms with van der Waals surface area (Å²) in [5.41, 5.74) is 5.88. The molecule has 0 aromatic heterocycles. The summed E-state index contributed by atoms with van der Waals surface area (Å²) in [5.74, 6) is 0.0922. The zero-order chi connectivity index (χ0) is 12.1. The summed E-state index contributed by atoms with van der Waals surface area (Å²) < 4.78 is 5.46. The van der Waals surface area contributed by atoms with E-state index in [1.54, 1.807) is 0 Å². The lowest BCUT2D eigenvalue weighted by atomic mass is 10.1. The van der Waals surface area contributed by atoms with Crippen molar-refractivity contribution >= 4 is 5.91 Å². The van der Waals surface area contributed by atoms with Crippen LogP contribution < -0.4 is 11.1 Å². The molecule has 2 aliphatic rings. The molecule has 2 atom stereocenters. The normalized spacial score (nSPS) is 30.4. The van der Waals surface area contributed by atoms with Crippen LogP contribution in [-0.2, 0) is 9.53 Å². The van der Waals surface area contributed by atoms with Gasteiger partial charge in [-0.1, -0.05) is 0 Å². The Labute approximate surface area is 103 Å². The van der Waals surface area contributed by atoms with Crippen LogP contribution in [0.1, 0.15) is 25.7 Å².